The van der Waals surface area contributed by atoms with Gasteiger partial charge in [0.2, 0.25) is 0 Å². The molecule has 0 aliphatic carbocycles. The van der Waals surface area contributed by atoms with E-state index in [-0.39, 0.29) is 0 Å². The van der Waals surface area contributed by atoms with Gasteiger partial charge < -0.3 is 14.6 Å². The molecule has 1 aliphatic rings. The normalized spacial score (nSPS) is 21.1. The lowest BCUT2D eigenvalue weighted by Gasteiger charge is -2.14. The second kappa shape index (κ2) is 4.92. The molecule has 1 aromatic heterocycles. The van der Waals surface area contributed by atoms with Gasteiger partial charge in [-0.15, -0.1) is 0 Å². The fraction of sp³-hybridized carbons (Fsp3) is 0.429. The first-order valence-electron chi connectivity index (χ1n) is 6.31. The number of fused-ring (bicyclic) bond motifs is 1. The van der Waals surface area contributed by atoms with Crippen molar-refractivity contribution < 1.29 is 4.74 Å². The molecule has 1 unspecified atom stereocenters. The highest BCUT2D eigenvalue weighted by Crippen LogP contribution is 2.30. The monoisotopic (exact) mass is 264 g/mol. The van der Waals surface area contributed by atoms with Gasteiger partial charge >= 0.3 is 0 Å². The highest BCUT2D eigenvalue weighted by Gasteiger charge is 2.18. The Morgan fingerprint density at radius 1 is 1.39 bits per heavy atom. The van der Waals surface area contributed by atoms with Gasteiger partial charge in [0.1, 0.15) is 0 Å². The van der Waals surface area contributed by atoms with Crippen LogP contribution in [0.25, 0.3) is 10.9 Å². The summed E-state index contributed by atoms with van der Waals surface area (Å²) in [5.41, 5.74) is 2.54. The van der Waals surface area contributed by atoms with Crippen molar-refractivity contribution in [2.75, 3.05) is 19.8 Å². The van der Waals surface area contributed by atoms with Crippen LogP contribution in [0.15, 0.2) is 24.4 Å². The first kappa shape index (κ1) is 12.0. The Morgan fingerprint density at radius 3 is 3.17 bits per heavy atom. The van der Waals surface area contributed by atoms with Crippen LogP contribution in [0.3, 0.4) is 0 Å². The molecule has 2 aromatic rings. The van der Waals surface area contributed by atoms with Crippen molar-refractivity contribution in [1.29, 1.82) is 0 Å². The minimum absolute atomic E-state index is 0.356. The maximum absolute atomic E-state index is 6.12. The molecule has 96 valence electrons. The van der Waals surface area contributed by atoms with Gasteiger partial charge in [-0.3, -0.25) is 0 Å². The van der Waals surface area contributed by atoms with Crippen LogP contribution in [0.4, 0.5) is 0 Å². The second-order valence-electron chi connectivity index (χ2n) is 4.76. The zero-order valence-corrected chi connectivity index (χ0v) is 11.2. The maximum Gasteiger partial charge on any atom is 0.0591 e. The smallest absolute Gasteiger partial charge is 0.0591 e. The molecule has 1 fully saturated rings. The fourth-order valence-electron chi connectivity index (χ4n) is 2.65. The second-order valence-corrected chi connectivity index (χ2v) is 5.20. The van der Waals surface area contributed by atoms with Crippen molar-refractivity contribution in [2.24, 2.45) is 7.05 Å². The van der Waals surface area contributed by atoms with Gasteiger partial charge in [0.15, 0.2) is 0 Å². The van der Waals surface area contributed by atoms with Crippen molar-refractivity contribution in [3.05, 3.63) is 35.0 Å². The molecular formula is C14H17ClN2O. The average Bonchev–Trinajstić information content (AvgIpc) is 2.58. The molecule has 0 radical (unpaired) electrons. The van der Waals surface area contributed by atoms with E-state index < -0.39 is 0 Å². The van der Waals surface area contributed by atoms with E-state index >= 15 is 0 Å². The summed E-state index contributed by atoms with van der Waals surface area (Å²) in [4.78, 5) is 0. The summed E-state index contributed by atoms with van der Waals surface area (Å²) < 4.78 is 7.65. The Hall–Kier alpha value is -1.03. The molecule has 1 aliphatic heterocycles. The Kier molecular flexibility index (Phi) is 3.29. The third-order valence-corrected chi connectivity index (χ3v) is 3.78. The topological polar surface area (TPSA) is 26.2 Å². The van der Waals surface area contributed by atoms with Gasteiger partial charge in [0, 0.05) is 48.4 Å². The van der Waals surface area contributed by atoms with Crippen LogP contribution >= 0.6 is 11.6 Å². The van der Waals surface area contributed by atoms with Crippen LogP contribution in [0.1, 0.15) is 18.0 Å². The molecule has 0 amide bonds. The van der Waals surface area contributed by atoms with Crippen LogP contribution in [-0.4, -0.2) is 24.3 Å². The van der Waals surface area contributed by atoms with Crippen LogP contribution in [-0.2, 0) is 11.8 Å². The molecule has 18 heavy (non-hydrogen) atoms. The quantitative estimate of drug-likeness (QED) is 0.857. The Bertz CT molecular complexity index is 556. The first-order chi connectivity index (χ1) is 8.75. The lowest BCUT2D eigenvalue weighted by molar-refractivity contribution is 0.150. The van der Waals surface area contributed by atoms with Crippen molar-refractivity contribution >= 4 is 22.5 Å². The molecule has 4 heteroatoms. The molecule has 3 rings (SSSR count). The number of benzene rings is 1. The number of aromatic nitrogens is 1. The van der Waals surface area contributed by atoms with Gasteiger partial charge in [-0.05, 0) is 30.2 Å². The molecule has 0 saturated carbocycles. The minimum Gasteiger partial charge on any atom is -0.380 e. The van der Waals surface area contributed by atoms with Crippen LogP contribution in [0.5, 0.6) is 0 Å². The fourth-order valence-corrected chi connectivity index (χ4v) is 2.82. The van der Waals surface area contributed by atoms with E-state index in [1.165, 1.54) is 16.5 Å². The molecular weight excluding hydrogens is 248 g/mol. The van der Waals surface area contributed by atoms with E-state index in [1.54, 1.807) is 0 Å². The van der Waals surface area contributed by atoms with Crippen LogP contribution in [0.2, 0.25) is 5.02 Å². The molecule has 3 nitrogen and oxygen atoms in total. The summed E-state index contributed by atoms with van der Waals surface area (Å²) in [6, 6.07) is 6.43. The van der Waals surface area contributed by atoms with E-state index in [9.17, 15) is 0 Å². The third-order valence-electron chi connectivity index (χ3n) is 3.55. The van der Waals surface area contributed by atoms with E-state index in [0.29, 0.717) is 6.04 Å². The van der Waals surface area contributed by atoms with Crippen molar-refractivity contribution in [2.45, 2.75) is 12.5 Å². The van der Waals surface area contributed by atoms with E-state index in [2.05, 4.69) is 35.3 Å². The SMILES string of the molecule is Cn1cc(C2CCOCCN2)c2cc(Cl)ccc21. The zero-order valence-electron chi connectivity index (χ0n) is 10.4. The summed E-state index contributed by atoms with van der Waals surface area (Å²) in [7, 11) is 2.08. The number of halogens is 1. The van der Waals surface area contributed by atoms with Gasteiger partial charge in [-0.25, -0.2) is 0 Å². The Morgan fingerprint density at radius 2 is 2.28 bits per heavy atom. The van der Waals surface area contributed by atoms with Gasteiger partial charge in [-0.2, -0.15) is 0 Å². The number of nitrogens with one attached hydrogen (secondary N) is 1. The van der Waals surface area contributed by atoms with Gasteiger partial charge in [0.25, 0.3) is 0 Å². The lowest BCUT2D eigenvalue weighted by atomic mass is 10.0. The molecule has 1 saturated heterocycles. The van der Waals surface area contributed by atoms with E-state index in [4.69, 9.17) is 16.3 Å². The maximum atomic E-state index is 6.12. The van der Waals surface area contributed by atoms with E-state index in [1.807, 2.05) is 6.07 Å². The molecule has 1 aromatic carbocycles. The highest BCUT2D eigenvalue weighted by molar-refractivity contribution is 6.31. The Labute approximate surface area is 112 Å². The number of aryl methyl sites for hydroxylation is 1. The van der Waals surface area contributed by atoms with Crippen molar-refractivity contribution in [1.82, 2.24) is 9.88 Å². The molecule has 1 atom stereocenters. The van der Waals surface area contributed by atoms with Crippen LogP contribution < -0.4 is 5.32 Å². The van der Waals surface area contributed by atoms with E-state index in [0.717, 1.165) is 31.2 Å². The third kappa shape index (κ3) is 2.14. The highest BCUT2D eigenvalue weighted by atomic mass is 35.5. The summed E-state index contributed by atoms with van der Waals surface area (Å²) in [6.07, 6.45) is 3.20. The summed E-state index contributed by atoms with van der Waals surface area (Å²) in [6.45, 7) is 2.51. The van der Waals surface area contributed by atoms with Crippen LogP contribution in [0, 0.1) is 0 Å². The zero-order chi connectivity index (χ0) is 12.5. The number of rotatable bonds is 1. The minimum atomic E-state index is 0.356. The molecule has 0 bridgehead atoms. The summed E-state index contributed by atoms with van der Waals surface area (Å²) in [5, 5.41) is 5.57. The van der Waals surface area contributed by atoms with Gasteiger partial charge in [0.05, 0.1) is 6.61 Å². The molecule has 2 heterocycles. The predicted molar refractivity (Wildman–Crippen MR) is 74.1 cm³/mol. The molecule has 1 N–H and O–H groups in total. The van der Waals surface area contributed by atoms with Crippen molar-refractivity contribution in [3.8, 4) is 0 Å². The number of ether oxygens (including phenoxy) is 1. The first-order valence-corrected chi connectivity index (χ1v) is 6.69. The summed E-state index contributed by atoms with van der Waals surface area (Å²) >= 11 is 6.12. The molecule has 0 spiro atoms. The number of nitrogens with zero attached hydrogens (tertiary/aromatic N) is 1. The average molecular weight is 265 g/mol. The van der Waals surface area contributed by atoms with Gasteiger partial charge in [-0.1, -0.05) is 11.6 Å². The Balaban J connectivity index is 2.07. The van der Waals surface area contributed by atoms with Crippen molar-refractivity contribution in [3.63, 3.8) is 0 Å². The number of hydrogen-bond donors (Lipinski definition) is 1. The summed E-state index contributed by atoms with van der Waals surface area (Å²) in [5.74, 6) is 0. The standard InChI is InChI=1S/C14H17ClN2O/c1-17-9-12(13-4-6-18-7-5-16-13)11-8-10(15)2-3-14(11)17/h2-3,8-9,13,16H,4-7H2,1H3. The lowest BCUT2D eigenvalue weighted by Crippen LogP contribution is -2.21. The predicted octanol–water partition coefficient (Wildman–Crippen LogP) is 2.88. The largest absolute Gasteiger partial charge is 0.380 e. The number of hydrogen-bond acceptors (Lipinski definition) is 2.